The Labute approximate surface area is 174 Å². The van der Waals surface area contributed by atoms with Crippen LogP contribution in [0.3, 0.4) is 0 Å². The highest BCUT2D eigenvalue weighted by Gasteiger charge is 2.32. The predicted molar refractivity (Wildman–Crippen MR) is 107 cm³/mol. The summed E-state index contributed by atoms with van der Waals surface area (Å²) in [4.78, 5) is 14.4. The van der Waals surface area contributed by atoms with E-state index in [4.69, 9.17) is 23.7 Å². The summed E-state index contributed by atoms with van der Waals surface area (Å²) < 4.78 is 26.6. The number of phenols is 1. The van der Waals surface area contributed by atoms with Crippen molar-refractivity contribution < 1.29 is 33.6 Å². The van der Waals surface area contributed by atoms with E-state index < -0.39 is 0 Å². The normalized spacial score (nSPS) is 17.4. The molecular formula is C22H25NO7. The summed E-state index contributed by atoms with van der Waals surface area (Å²) in [5, 5.41) is 10.5. The van der Waals surface area contributed by atoms with Gasteiger partial charge in [0.1, 0.15) is 5.75 Å². The van der Waals surface area contributed by atoms with Crippen LogP contribution in [0.1, 0.15) is 29.2 Å². The number of ether oxygens (including phenoxy) is 5. The number of hydrogen-bond donors (Lipinski definition) is 1. The highest BCUT2D eigenvalue weighted by Crippen LogP contribution is 2.42. The third kappa shape index (κ3) is 3.70. The van der Waals surface area contributed by atoms with Gasteiger partial charge < -0.3 is 28.8 Å². The lowest BCUT2D eigenvalue weighted by Gasteiger charge is -2.37. The maximum absolute atomic E-state index is 12.2. The average Bonchev–Trinajstić information content (AvgIpc) is 3.21. The van der Waals surface area contributed by atoms with Crippen LogP contribution in [0.25, 0.3) is 0 Å². The average molecular weight is 415 g/mol. The van der Waals surface area contributed by atoms with Gasteiger partial charge in [-0.2, -0.15) is 0 Å². The van der Waals surface area contributed by atoms with Crippen LogP contribution in [-0.2, 0) is 22.5 Å². The standard InChI is InChI=1S/C22H25NO7/c1-26-18-6-13-4-5-23(11-14-7-20-21(10-17(14)24)30-12-29-20)16(9-22(25)28-3)15(13)8-19(18)27-2/h6-8,10,16,24H,4-5,9,11-12H2,1-3H3/t16-/m0/s1. The summed E-state index contributed by atoms with van der Waals surface area (Å²) in [6.45, 7) is 1.29. The number of nitrogens with zero attached hydrogens (tertiary/aromatic N) is 1. The van der Waals surface area contributed by atoms with Crippen molar-refractivity contribution in [3.63, 3.8) is 0 Å². The van der Waals surface area contributed by atoms with Crippen molar-refractivity contribution in [1.29, 1.82) is 0 Å². The first-order chi connectivity index (χ1) is 14.5. The van der Waals surface area contributed by atoms with Gasteiger partial charge in [0, 0.05) is 30.8 Å². The van der Waals surface area contributed by atoms with E-state index in [-0.39, 0.29) is 31.0 Å². The number of carbonyl (C=O) groups excluding carboxylic acids is 1. The smallest absolute Gasteiger partial charge is 0.307 e. The fourth-order valence-electron chi connectivity index (χ4n) is 4.07. The SMILES string of the molecule is COC(=O)C[C@H]1c2cc(OC)c(OC)cc2CCN1Cc1cc2c(cc1O)OCO2. The fourth-order valence-corrected chi connectivity index (χ4v) is 4.07. The molecule has 0 aromatic heterocycles. The van der Waals surface area contributed by atoms with Gasteiger partial charge in [-0.05, 0) is 35.7 Å². The molecule has 2 aromatic rings. The number of rotatable bonds is 6. The number of esters is 1. The molecule has 2 aliphatic rings. The van der Waals surface area contributed by atoms with Crippen LogP contribution in [-0.4, -0.2) is 50.6 Å². The largest absolute Gasteiger partial charge is 0.507 e. The van der Waals surface area contributed by atoms with Crippen LogP contribution >= 0.6 is 0 Å². The molecule has 0 unspecified atom stereocenters. The second-order valence-corrected chi connectivity index (χ2v) is 7.26. The fraction of sp³-hybridized carbons (Fsp3) is 0.409. The summed E-state index contributed by atoms with van der Waals surface area (Å²) in [5.74, 6) is 2.24. The van der Waals surface area contributed by atoms with Crippen LogP contribution in [0, 0.1) is 0 Å². The molecule has 2 aliphatic heterocycles. The van der Waals surface area contributed by atoms with Crippen LogP contribution in [0.2, 0.25) is 0 Å². The minimum absolute atomic E-state index is 0.133. The van der Waals surface area contributed by atoms with Gasteiger partial charge >= 0.3 is 5.97 Å². The molecule has 0 aliphatic carbocycles. The van der Waals surface area contributed by atoms with E-state index in [1.54, 1.807) is 26.4 Å². The van der Waals surface area contributed by atoms with Crippen molar-refractivity contribution in [2.75, 3.05) is 34.7 Å². The van der Waals surface area contributed by atoms with Gasteiger partial charge in [0.2, 0.25) is 6.79 Å². The minimum atomic E-state index is -0.303. The molecule has 160 valence electrons. The van der Waals surface area contributed by atoms with Crippen molar-refractivity contribution in [1.82, 2.24) is 4.90 Å². The van der Waals surface area contributed by atoms with Crippen molar-refractivity contribution >= 4 is 5.97 Å². The van der Waals surface area contributed by atoms with Gasteiger partial charge in [-0.3, -0.25) is 9.69 Å². The zero-order valence-corrected chi connectivity index (χ0v) is 17.3. The van der Waals surface area contributed by atoms with Gasteiger partial charge in [-0.25, -0.2) is 0 Å². The van der Waals surface area contributed by atoms with Crippen LogP contribution in [0.4, 0.5) is 0 Å². The molecule has 0 saturated carbocycles. The Kier molecular flexibility index (Phi) is 5.59. The number of aromatic hydroxyl groups is 1. The van der Waals surface area contributed by atoms with Crippen LogP contribution in [0.15, 0.2) is 24.3 Å². The molecule has 1 atom stereocenters. The number of hydrogen-bond acceptors (Lipinski definition) is 8. The second kappa shape index (κ2) is 8.31. The maximum Gasteiger partial charge on any atom is 0.307 e. The molecule has 0 fully saturated rings. The predicted octanol–water partition coefficient (Wildman–Crippen LogP) is 2.80. The van der Waals surface area contributed by atoms with Gasteiger partial charge in [0.25, 0.3) is 0 Å². The summed E-state index contributed by atoms with van der Waals surface area (Å²) in [6.07, 6.45) is 0.961. The quantitative estimate of drug-likeness (QED) is 0.721. The topological polar surface area (TPSA) is 86.7 Å². The number of fused-ring (bicyclic) bond motifs is 2. The number of carbonyl (C=O) groups is 1. The first-order valence-corrected chi connectivity index (χ1v) is 9.71. The van der Waals surface area contributed by atoms with E-state index in [0.29, 0.717) is 41.7 Å². The van der Waals surface area contributed by atoms with Crippen LogP contribution < -0.4 is 18.9 Å². The molecule has 30 heavy (non-hydrogen) atoms. The zero-order valence-electron chi connectivity index (χ0n) is 17.3. The number of benzene rings is 2. The Morgan fingerprint density at radius 3 is 2.50 bits per heavy atom. The van der Waals surface area contributed by atoms with E-state index in [2.05, 4.69) is 4.90 Å². The third-order valence-electron chi connectivity index (χ3n) is 5.65. The Bertz CT molecular complexity index is 959. The summed E-state index contributed by atoms with van der Waals surface area (Å²) >= 11 is 0. The molecule has 0 amide bonds. The van der Waals surface area contributed by atoms with E-state index in [0.717, 1.165) is 17.5 Å². The lowest BCUT2D eigenvalue weighted by Crippen LogP contribution is -2.36. The van der Waals surface area contributed by atoms with Gasteiger partial charge in [0.15, 0.2) is 23.0 Å². The number of phenolic OH excluding ortho intramolecular Hbond substituents is 1. The molecular weight excluding hydrogens is 390 g/mol. The van der Waals surface area contributed by atoms with E-state index >= 15 is 0 Å². The Morgan fingerprint density at radius 2 is 1.80 bits per heavy atom. The molecule has 1 N–H and O–H groups in total. The molecule has 4 rings (SSSR count). The first-order valence-electron chi connectivity index (χ1n) is 9.71. The zero-order chi connectivity index (χ0) is 21.3. The van der Waals surface area contributed by atoms with E-state index in [9.17, 15) is 9.90 Å². The molecule has 0 spiro atoms. The van der Waals surface area contributed by atoms with Crippen molar-refractivity contribution in [3.8, 4) is 28.7 Å². The van der Waals surface area contributed by atoms with Crippen LogP contribution in [0.5, 0.6) is 28.7 Å². The molecule has 2 aromatic carbocycles. The lowest BCUT2D eigenvalue weighted by atomic mass is 9.89. The van der Waals surface area contributed by atoms with Crippen molar-refractivity contribution in [2.45, 2.75) is 25.4 Å². The second-order valence-electron chi connectivity index (χ2n) is 7.26. The third-order valence-corrected chi connectivity index (χ3v) is 5.65. The van der Waals surface area contributed by atoms with Gasteiger partial charge in [-0.15, -0.1) is 0 Å². The Hall–Kier alpha value is -3.13. The highest BCUT2D eigenvalue weighted by molar-refractivity contribution is 5.70. The maximum atomic E-state index is 12.2. The first kappa shape index (κ1) is 20.2. The Morgan fingerprint density at radius 1 is 1.10 bits per heavy atom. The molecule has 8 nitrogen and oxygen atoms in total. The monoisotopic (exact) mass is 415 g/mol. The Balaban J connectivity index is 1.69. The van der Waals surface area contributed by atoms with E-state index in [1.807, 2.05) is 12.1 Å². The molecule has 0 saturated heterocycles. The molecule has 8 heteroatoms. The summed E-state index contributed by atoms with van der Waals surface area (Å²) in [5.41, 5.74) is 2.80. The van der Waals surface area contributed by atoms with E-state index in [1.165, 1.54) is 7.11 Å². The molecule has 0 radical (unpaired) electrons. The van der Waals surface area contributed by atoms with Crippen molar-refractivity contribution in [3.05, 3.63) is 41.0 Å². The minimum Gasteiger partial charge on any atom is -0.507 e. The van der Waals surface area contributed by atoms with Crippen molar-refractivity contribution in [2.24, 2.45) is 0 Å². The lowest BCUT2D eigenvalue weighted by molar-refractivity contribution is -0.142. The summed E-state index contributed by atoms with van der Waals surface area (Å²) in [7, 11) is 4.58. The molecule has 0 bridgehead atoms. The number of methoxy groups -OCH3 is 3. The summed E-state index contributed by atoms with van der Waals surface area (Å²) in [6, 6.07) is 7.02. The van der Waals surface area contributed by atoms with Gasteiger partial charge in [-0.1, -0.05) is 0 Å². The van der Waals surface area contributed by atoms with Gasteiger partial charge in [0.05, 0.1) is 27.8 Å². The highest BCUT2D eigenvalue weighted by atomic mass is 16.7. The molecule has 2 heterocycles.